The fourth-order valence-corrected chi connectivity index (χ4v) is 3.37. The number of azo groups is 1. The van der Waals surface area contributed by atoms with E-state index in [2.05, 4.69) is 15.5 Å². The Kier molecular flexibility index (Phi) is 8.52. The lowest BCUT2D eigenvalue weighted by Gasteiger charge is -2.10. The minimum Gasteiger partial charge on any atom is -0.452 e. The summed E-state index contributed by atoms with van der Waals surface area (Å²) in [6.07, 6.45) is 1.59. The van der Waals surface area contributed by atoms with Crippen LogP contribution >= 0.6 is 11.6 Å². The van der Waals surface area contributed by atoms with Crippen molar-refractivity contribution >= 4 is 52.2 Å². The van der Waals surface area contributed by atoms with Crippen LogP contribution in [0.5, 0.6) is 0 Å². The summed E-state index contributed by atoms with van der Waals surface area (Å²) in [5, 5.41) is 11.5. The Morgan fingerprint density at radius 2 is 1.43 bits per heavy atom. The number of hydrogen-bond acceptors (Lipinski definition) is 5. The van der Waals surface area contributed by atoms with Gasteiger partial charge in [-0.15, -0.1) is 0 Å². The Labute approximate surface area is 218 Å². The van der Waals surface area contributed by atoms with E-state index in [1.807, 2.05) is 30.3 Å². The minimum absolute atomic E-state index is 0.170. The molecule has 0 aliphatic carbocycles. The number of amides is 1. The van der Waals surface area contributed by atoms with Gasteiger partial charge in [0.25, 0.3) is 5.91 Å². The van der Waals surface area contributed by atoms with Crippen molar-refractivity contribution in [1.82, 2.24) is 0 Å². The summed E-state index contributed by atoms with van der Waals surface area (Å²) in [6, 6.07) is 28.3. The molecule has 6 nitrogen and oxygen atoms in total. The molecule has 4 rings (SSSR count). The highest BCUT2D eigenvalue weighted by molar-refractivity contribution is 6.30. The van der Waals surface area contributed by atoms with Crippen molar-refractivity contribution < 1.29 is 18.7 Å². The van der Waals surface area contributed by atoms with Crippen molar-refractivity contribution in [3.8, 4) is 0 Å². The largest absolute Gasteiger partial charge is 0.452 e. The van der Waals surface area contributed by atoms with Gasteiger partial charge in [-0.05, 0) is 77.9 Å². The van der Waals surface area contributed by atoms with Crippen molar-refractivity contribution in [1.29, 1.82) is 0 Å². The van der Waals surface area contributed by atoms with Crippen molar-refractivity contribution in [2.45, 2.75) is 0 Å². The first-order chi connectivity index (χ1) is 18.0. The van der Waals surface area contributed by atoms with Crippen LogP contribution in [0.3, 0.4) is 0 Å². The summed E-state index contributed by atoms with van der Waals surface area (Å²) < 4.78 is 18.7. The second-order valence-electron chi connectivity index (χ2n) is 7.82. The molecule has 0 aromatic heterocycles. The number of anilines is 1. The molecule has 184 valence electrons. The van der Waals surface area contributed by atoms with Crippen LogP contribution in [0.4, 0.5) is 21.5 Å². The van der Waals surface area contributed by atoms with Crippen LogP contribution in [0, 0.1) is 5.82 Å². The molecule has 0 atom stereocenters. The van der Waals surface area contributed by atoms with Gasteiger partial charge in [-0.2, -0.15) is 10.2 Å². The molecule has 1 N–H and O–H groups in total. The molecule has 0 spiro atoms. The van der Waals surface area contributed by atoms with Gasteiger partial charge < -0.3 is 10.1 Å². The summed E-state index contributed by atoms with van der Waals surface area (Å²) in [6.45, 7) is -0.506. The number of esters is 1. The molecule has 0 saturated heterocycles. The Morgan fingerprint density at radius 3 is 2.08 bits per heavy atom. The zero-order chi connectivity index (χ0) is 26.0. The Balaban J connectivity index is 1.38. The van der Waals surface area contributed by atoms with Gasteiger partial charge in [0, 0.05) is 10.7 Å². The lowest BCUT2D eigenvalue weighted by atomic mass is 10.0. The van der Waals surface area contributed by atoms with Crippen LogP contribution in [0.1, 0.15) is 11.1 Å². The molecule has 8 heteroatoms. The van der Waals surface area contributed by atoms with Crippen LogP contribution in [0.25, 0.3) is 11.6 Å². The predicted molar refractivity (Wildman–Crippen MR) is 142 cm³/mol. The number of nitrogens with zero attached hydrogens (tertiary/aromatic N) is 2. The molecule has 0 heterocycles. The monoisotopic (exact) mass is 513 g/mol. The van der Waals surface area contributed by atoms with Crippen molar-refractivity contribution in [3.05, 3.63) is 125 Å². The molecule has 0 aliphatic heterocycles. The number of rotatable bonds is 8. The number of carbonyl (C=O) groups excluding carboxylic acids is 2. The van der Waals surface area contributed by atoms with E-state index in [0.717, 1.165) is 5.69 Å². The standard InChI is InChI=1S/C29H21ClFN3O3/c30-22-10-6-20(7-11-22)18-27(21-8-12-23(31)13-9-21)29(36)37-19-28(35)32-24-14-16-26(17-15-24)34-33-25-4-2-1-3-5-25/h1-18H,19H2,(H,32,35). The highest BCUT2D eigenvalue weighted by atomic mass is 35.5. The maximum atomic E-state index is 13.4. The van der Waals surface area contributed by atoms with Gasteiger partial charge in [0.05, 0.1) is 16.9 Å². The lowest BCUT2D eigenvalue weighted by Crippen LogP contribution is -2.21. The van der Waals surface area contributed by atoms with Crippen LogP contribution in [0.15, 0.2) is 113 Å². The average Bonchev–Trinajstić information content (AvgIpc) is 2.92. The van der Waals surface area contributed by atoms with Gasteiger partial charge in [0.15, 0.2) is 6.61 Å². The molecule has 4 aromatic carbocycles. The highest BCUT2D eigenvalue weighted by Gasteiger charge is 2.16. The summed E-state index contributed by atoms with van der Waals surface area (Å²) >= 11 is 5.94. The smallest absolute Gasteiger partial charge is 0.339 e. The third-order valence-electron chi connectivity index (χ3n) is 5.08. The molecule has 4 aromatic rings. The van der Waals surface area contributed by atoms with E-state index in [4.69, 9.17) is 16.3 Å². The van der Waals surface area contributed by atoms with Gasteiger partial charge >= 0.3 is 5.97 Å². The molecule has 0 radical (unpaired) electrons. The first-order valence-electron chi connectivity index (χ1n) is 11.2. The molecule has 1 amide bonds. The average molecular weight is 514 g/mol. The Bertz CT molecular complexity index is 1420. The second kappa shape index (κ2) is 12.4. The number of hydrogen-bond donors (Lipinski definition) is 1. The van der Waals surface area contributed by atoms with E-state index in [9.17, 15) is 14.0 Å². The number of nitrogens with one attached hydrogen (secondary N) is 1. The van der Waals surface area contributed by atoms with Gasteiger partial charge in [-0.1, -0.05) is 54.1 Å². The third-order valence-corrected chi connectivity index (χ3v) is 5.33. The number of carbonyl (C=O) groups is 2. The van der Waals surface area contributed by atoms with Crippen LogP contribution in [-0.4, -0.2) is 18.5 Å². The molecule has 0 aliphatic rings. The van der Waals surface area contributed by atoms with E-state index in [-0.39, 0.29) is 5.57 Å². The van der Waals surface area contributed by atoms with E-state index in [0.29, 0.717) is 27.5 Å². The fourth-order valence-electron chi connectivity index (χ4n) is 3.24. The van der Waals surface area contributed by atoms with Gasteiger partial charge in [0.2, 0.25) is 0 Å². The normalized spacial score (nSPS) is 11.4. The molecule has 37 heavy (non-hydrogen) atoms. The maximum Gasteiger partial charge on any atom is 0.339 e. The van der Waals surface area contributed by atoms with E-state index in [1.54, 1.807) is 54.6 Å². The van der Waals surface area contributed by atoms with Gasteiger partial charge in [-0.3, -0.25) is 4.79 Å². The number of ether oxygens (including phenoxy) is 1. The Hall–Kier alpha value is -4.62. The fraction of sp³-hybridized carbons (Fsp3) is 0.0345. The summed E-state index contributed by atoms with van der Waals surface area (Å²) in [5.74, 6) is -1.68. The van der Waals surface area contributed by atoms with Gasteiger partial charge in [-0.25, -0.2) is 9.18 Å². The second-order valence-corrected chi connectivity index (χ2v) is 8.26. The Morgan fingerprint density at radius 1 is 0.811 bits per heavy atom. The first-order valence-corrected chi connectivity index (χ1v) is 11.6. The van der Waals surface area contributed by atoms with Crippen molar-refractivity contribution in [3.63, 3.8) is 0 Å². The SMILES string of the molecule is O=C(COC(=O)C(=Cc1ccc(Cl)cc1)c1ccc(F)cc1)Nc1ccc(N=Nc2ccccc2)cc1. The topological polar surface area (TPSA) is 80.1 Å². The molecule has 0 bridgehead atoms. The van der Waals surface area contributed by atoms with Crippen molar-refractivity contribution in [2.24, 2.45) is 10.2 Å². The third kappa shape index (κ3) is 7.68. The molecule has 0 fully saturated rings. The zero-order valence-electron chi connectivity index (χ0n) is 19.5. The quantitative estimate of drug-likeness (QED) is 0.114. The predicted octanol–water partition coefficient (Wildman–Crippen LogP) is 7.62. The minimum atomic E-state index is -0.728. The van der Waals surface area contributed by atoms with Crippen molar-refractivity contribution in [2.75, 3.05) is 11.9 Å². The van der Waals surface area contributed by atoms with E-state index < -0.39 is 24.3 Å². The van der Waals surface area contributed by atoms with Gasteiger partial charge in [0.1, 0.15) is 5.82 Å². The first kappa shape index (κ1) is 25.5. The van der Waals surface area contributed by atoms with Crippen LogP contribution in [0.2, 0.25) is 5.02 Å². The molecule has 0 saturated carbocycles. The summed E-state index contributed by atoms with van der Waals surface area (Å²) in [4.78, 5) is 25.3. The van der Waals surface area contributed by atoms with E-state index in [1.165, 1.54) is 24.3 Å². The number of halogens is 2. The zero-order valence-corrected chi connectivity index (χ0v) is 20.2. The molecule has 0 unspecified atom stereocenters. The summed E-state index contributed by atoms with van der Waals surface area (Å²) in [5.41, 5.74) is 3.16. The number of benzene rings is 4. The molecular weight excluding hydrogens is 493 g/mol. The van der Waals surface area contributed by atoms with E-state index >= 15 is 0 Å². The highest BCUT2D eigenvalue weighted by Crippen LogP contribution is 2.23. The molecular formula is C29H21ClFN3O3. The van der Waals surface area contributed by atoms with Crippen LogP contribution in [-0.2, 0) is 14.3 Å². The lowest BCUT2D eigenvalue weighted by molar-refractivity contribution is -0.141. The summed E-state index contributed by atoms with van der Waals surface area (Å²) in [7, 11) is 0. The maximum absolute atomic E-state index is 13.4. The van der Waals surface area contributed by atoms with Crippen LogP contribution < -0.4 is 5.32 Å².